The van der Waals surface area contributed by atoms with Crippen LogP contribution < -0.4 is 10.6 Å². The summed E-state index contributed by atoms with van der Waals surface area (Å²) in [6, 6.07) is 11.0. The van der Waals surface area contributed by atoms with E-state index >= 15 is 0 Å². The van der Waals surface area contributed by atoms with Crippen LogP contribution in [0.2, 0.25) is 0 Å². The van der Waals surface area contributed by atoms with Gasteiger partial charge in [0.15, 0.2) is 0 Å². The van der Waals surface area contributed by atoms with Gasteiger partial charge in [-0.25, -0.2) is 8.78 Å². The van der Waals surface area contributed by atoms with Crippen LogP contribution in [0, 0.1) is 11.6 Å². The second-order valence-corrected chi connectivity index (χ2v) is 7.75. The lowest BCUT2D eigenvalue weighted by Gasteiger charge is -2.21. The first-order valence-corrected chi connectivity index (χ1v) is 9.87. The molecule has 2 aromatic carbocycles. The molecule has 2 N–H and O–H groups in total. The van der Waals surface area contributed by atoms with E-state index in [1.54, 1.807) is 12.1 Å². The Morgan fingerprint density at radius 1 is 1.00 bits per heavy atom. The molecule has 0 aromatic heterocycles. The summed E-state index contributed by atoms with van der Waals surface area (Å²) in [5, 5.41) is 5.41. The fourth-order valence-corrected chi connectivity index (χ4v) is 3.21. The fraction of sp³-hybridized carbons (Fsp3) is 0.364. The van der Waals surface area contributed by atoms with Gasteiger partial charge in [0.1, 0.15) is 11.6 Å². The van der Waals surface area contributed by atoms with Crippen molar-refractivity contribution in [2.75, 3.05) is 11.9 Å². The van der Waals surface area contributed by atoms with Crippen LogP contribution in [-0.4, -0.2) is 35.3 Å². The Balaban J connectivity index is 1.36. The van der Waals surface area contributed by atoms with Crippen LogP contribution in [0.15, 0.2) is 42.5 Å². The normalized spacial score (nSPS) is 16.0. The van der Waals surface area contributed by atoms with Gasteiger partial charge in [-0.3, -0.25) is 14.5 Å². The fourth-order valence-electron chi connectivity index (χ4n) is 3.21. The maximum atomic E-state index is 13.7. The molecule has 5 nitrogen and oxygen atoms in total. The monoisotopic (exact) mass is 399 g/mol. The summed E-state index contributed by atoms with van der Waals surface area (Å²) < 4.78 is 27.0. The van der Waals surface area contributed by atoms with Crippen LogP contribution in [0.5, 0.6) is 0 Å². The van der Waals surface area contributed by atoms with Gasteiger partial charge in [-0.1, -0.05) is 12.1 Å². The number of halogens is 2. The number of carbonyl (C=O) groups is 2. The second-order valence-electron chi connectivity index (χ2n) is 7.75. The van der Waals surface area contributed by atoms with Gasteiger partial charge in [0, 0.05) is 30.3 Å². The zero-order valence-electron chi connectivity index (χ0n) is 16.0. The molecule has 7 heteroatoms. The minimum absolute atomic E-state index is 0.0606. The molecule has 2 aliphatic carbocycles. The molecule has 2 saturated carbocycles. The second kappa shape index (κ2) is 8.29. The Labute approximate surface area is 168 Å². The number of hydrogen-bond donors (Lipinski definition) is 2. The van der Waals surface area contributed by atoms with Crippen LogP contribution in [-0.2, 0) is 11.3 Å². The predicted octanol–water partition coefficient (Wildman–Crippen LogP) is 3.46. The lowest BCUT2D eigenvalue weighted by atomic mass is 10.1. The SMILES string of the molecule is O=C(CN(Cc1ccc(C(=O)NC2CC2)cc1)C1CC1)Nc1cc(F)ccc1F. The number of rotatable bonds is 8. The van der Waals surface area contributed by atoms with E-state index in [0.717, 1.165) is 49.4 Å². The van der Waals surface area contributed by atoms with Crippen molar-refractivity contribution in [1.29, 1.82) is 0 Å². The summed E-state index contributed by atoms with van der Waals surface area (Å²) in [4.78, 5) is 26.5. The smallest absolute Gasteiger partial charge is 0.251 e. The minimum Gasteiger partial charge on any atom is -0.349 e. The number of anilines is 1. The average Bonchev–Trinajstić information content (AvgIpc) is 3.59. The quantitative estimate of drug-likeness (QED) is 0.715. The van der Waals surface area contributed by atoms with Gasteiger partial charge >= 0.3 is 0 Å². The van der Waals surface area contributed by atoms with Crippen LogP contribution in [0.1, 0.15) is 41.6 Å². The Bertz CT molecular complexity index is 909. The summed E-state index contributed by atoms with van der Waals surface area (Å²) in [5.74, 6) is -1.72. The molecule has 152 valence electrons. The van der Waals surface area contributed by atoms with E-state index < -0.39 is 11.6 Å². The number of carbonyl (C=O) groups excluding carboxylic acids is 2. The number of hydrogen-bond acceptors (Lipinski definition) is 3. The van der Waals surface area contributed by atoms with Gasteiger partial charge < -0.3 is 10.6 Å². The van der Waals surface area contributed by atoms with Crippen LogP contribution in [0.3, 0.4) is 0 Å². The van der Waals surface area contributed by atoms with Gasteiger partial charge in [-0.15, -0.1) is 0 Å². The number of amides is 2. The highest BCUT2D eigenvalue weighted by Gasteiger charge is 2.30. The molecular weight excluding hydrogens is 376 g/mol. The molecule has 0 atom stereocenters. The van der Waals surface area contributed by atoms with Crippen molar-refractivity contribution < 1.29 is 18.4 Å². The molecule has 0 bridgehead atoms. The van der Waals surface area contributed by atoms with E-state index in [0.29, 0.717) is 24.2 Å². The van der Waals surface area contributed by atoms with E-state index in [-0.39, 0.29) is 24.0 Å². The predicted molar refractivity (Wildman–Crippen MR) is 105 cm³/mol. The Kier molecular flexibility index (Phi) is 5.58. The zero-order chi connectivity index (χ0) is 20.4. The van der Waals surface area contributed by atoms with Gasteiger partial charge in [0.05, 0.1) is 12.2 Å². The van der Waals surface area contributed by atoms with Crippen molar-refractivity contribution >= 4 is 17.5 Å². The summed E-state index contributed by atoms with van der Waals surface area (Å²) in [5.41, 5.74) is 1.46. The molecule has 4 rings (SSSR count). The molecule has 0 radical (unpaired) electrons. The molecule has 2 aromatic rings. The number of nitrogens with zero attached hydrogens (tertiary/aromatic N) is 1. The Hall–Kier alpha value is -2.80. The summed E-state index contributed by atoms with van der Waals surface area (Å²) in [6.45, 7) is 0.638. The molecule has 0 spiro atoms. The first kappa shape index (κ1) is 19.5. The molecular formula is C22H23F2N3O2. The van der Waals surface area contributed by atoms with Gasteiger partial charge in [0.2, 0.25) is 5.91 Å². The lowest BCUT2D eigenvalue weighted by Crippen LogP contribution is -2.34. The largest absolute Gasteiger partial charge is 0.349 e. The standard InChI is InChI=1S/C22H23F2N3O2/c23-16-5-10-19(24)20(11-16)26-21(28)13-27(18-8-9-18)12-14-1-3-15(4-2-14)22(29)25-17-6-7-17/h1-5,10-11,17-18H,6-9,12-13H2,(H,25,29)(H,26,28). The molecule has 2 fully saturated rings. The van der Waals surface area contributed by atoms with Crippen molar-refractivity contribution in [3.8, 4) is 0 Å². The lowest BCUT2D eigenvalue weighted by molar-refractivity contribution is -0.117. The van der Waals surface area contributed by atoms with Gasteiger partial charge in [0.25, 0.3) is 5.91 Å². The minimum atomic E-state index is -0.669. The molecule has 0 aliphatic heterocycles. The maximum absolute atomic E-state index is 13.7. The van der Waals surface area contributed by atoms with Crippen molar-refractivity contribution in [1.82, 2.24) is 10.2 Å². The van der Waals surface area contributed by atoms with E-state index in [2.05, 4.69) is 10.6 Å². The van der Waals surface area contributed by atoms with E-state index in [1.165, 1.54) is 0 Å². The average molecular weight is 399 g/mol. The summed E-state index contributed by atoms with van der Waals surface area (Å²) in [7, 11) is 0. The van der Waals surface area contributed by atoms with Crippen molar-refractivity contribution in [2.24, 2.45) is 0 Å². The van der Waals surface area contributed by atoms with Crippen LogP contribution in [0.4, 0.5) is 14.5 Å². The third-order valence-corrected chi connectivity index (χ3v) is 5.13. The topological polar surface area (TPSA) is 61.4 Å². The first-order chi connectivity index (χ1) is 14.0. The third-order valence-electron chi connectivity index (χ3n) is 5.13. The van der Waals surface area contributed by atoms with Crippen molar-refractivity contribution in [3.05, 3.63) is 65.2 Å². The van der Waals surface area contributed by atoms with E-state index in [4.69, 9.17) is 0 Å². The highest BCUT2D eigenvalue weighted by atomic mass is 19.1. The molecule has 29 heavy (non-hydrogen) atoms. The van der Waals surface area contributed by atoms with Crippen molar-refractivity contribution in [3.63, 3.8) is 0 Å². The molecule has 0 unspecified atom stereocenters. The Morgan fingerprint density at radius 2 is 1.72 bits per heavy atom. The Morgan fingerprint density at radius 3 is 2.38 bits per heavy atom. The van der Waals surface area contributed by atoms with Gasteiger partial charge in [-0.05, 0) is 55.5 Å². The van der Waals surface area contributed by atoms with E-state index in [9.17, 15) is 18.4 Å². The van der Waals surface area contributed by atoms with E-state index in [1.807, 2.05) is 17.0 Å². The molecule has 2 amide bonds. The maximum Gasteiger partial charge on any atom is 0.251 e. The highest BCUT2D eigenvalue weighted by molar-refractivity contribution is 5.94. The summed E-state index contributed by atoms with van der Waals surface area (Å²) in [6.07, 6.45) is 4.09. The highest BCUT2D eigenvalue weighted by Crippen LogP contribution is 2.28. The first-order valence-electron chi connectivity index (χ1n) is 9.87. The zero-order valence-corrected chi connectivity index (χ0v) is 16.0. The summed E-state index contributed by atoms with van der Waals surface area (Å²) >= 11 is 0. The molecule has 0 saturated heterocycles. The molecule has 2 aliphatic rings. The molecule has 0 heterocycles. The van der Waals surface area contributed by atoms with Crippen LogP contribution in [0.25, 0.3) is 0 Å². The van der Waals surface area contributed by atoms with Crippen molar-refractivity contribution in [2.45, 2.75) is 44.3 Å². The number of benzene rings is 2. The number of nitrogens with one attached hydrogen (secondary N) is 2. The van der Waals surface area contributed by atoms with Gasteiger partial charge in [-0.2, -0.15) is 0 Å². The van der Waals surface area contributed by atoms with Crippen LogP contribution >= 0.6 is 0 Å². The third kappa shape index (κ3) is 5.38.